The van der Waals surface area contributed by atoms with Crippen molar-refractivity contribution in [2.45, 2.75) is 25.5 Å². The molecular formula is C21H23N5O3S. The maximum Gasteiger partial charge on any atom is 0.250 e. The Morgan fingerprint density at radius 1 is 1.27 bits per heavy atom. The molecule has 0 unspecified atom stereocenters. The Morgan fingerprint density at radius 2 is 2.03 bits per heavy atom. The summed E-state index contributed by atoms with van der Waals surface area (Å²) in [6, 6.07) is 12.9. The first-order valence-electron chi connectivity index (χ1n) is 9.33. The zero-order chi connectivity index (χ0) is 21.5. The van der Waals surface area contributed by atoms with Gasteiger partial charge in [-0.25, -0.2) is 5.43 Å². The van der Waals surface area contributed by atoms with E-state index in [2.05, 4.69) is 20.7 Å². The third kappa shape index (κ3) is 5.18. The van der Waals surface area contributed by atoms with Crippen LogP contribution in [0.5, 0.6) is 11.5 Å². The Bertz CT molecular complexity index is 1050. The molecule has 8 nitrogen and oxygen atoms in total. The van der Waals surface area contributed by atoms with Crippen LogP contribution < -0.4 is 10.2 Å². The van der Waals surface area contributed by atoms with E-state index in [1.54, 1.807) is 12.1 Å². The van der Waals surface area contributed by atoms with Crippen molar-refractivity contribution in [3.8, 4) is 22.9 Å². The maximum atomic E-state index is 12.1. The highest BCUT2D eigenvalue weighted by Gasteiger charge is 2.14. The first-order valence-corrected chi connectivity index (χ1v) is 10.3. The number of amides is 1. The van der Waals surface area contributed by atoms with Gasteiger partial charge in [0, 0.05) is 12.1 Å². The van der Waals surface area contributed by atoms with Gasteiger partial charge in [-0.2, -0.15) is 5.10 Å². The third-order valence-corrected chi connectivity index (χ3v) is 5.25. The number of nitrogens with zero attached hydrogens (tertiary/aromatic N) is 4. The standard InChI is InChI=1S/C21H23N5O3S/c1-4-26-20(16-8-5-14(2)6-9-16)24-25-21(26)30-13-19(28)23-22-12-15-7-10-17(27)18(11-15)29-3/h5-12,27H,4,13H2,1-3H3,(H,23,28). The maximum absolute atomic E-state index is 12.1. The van der Waals surface area contributed by atoms with Gasteiger partial charge in [-0.15, -0.1) is 10.2 Å². The molecule has 0 radical (unpaired) electrons. The molecule has 0 saturated heterocycles. The Morgan fingerprint density at radius 3 is 2.73 bits per heavy atom. The normalized spacial score (nSPS) is 11.0. The van der Waals surface area contributed by atoms with Gasteiger partial charge in [0.15, 0.2) is 22.5 Å². The minimum atomic E-state index is -0.260. The summed E-state index contributed by atoms with van der Waals surface area (Å²) in [6.45, 7) is 4.75. The summed E-state index contributed by atoms with van der Waals surface area (Å²) in [5.41, 5.74) is 5.34. The number of nitrogens with one attached hydrogen (secondary N) is 1. The zero-order valence-electron chi connectivity index (χ0n) is 17.0. The number of aromatic hydroxyl groups is 1. The largest absolute Gasteiger partial charge is 0.504 e. The number of thioether (sulfide) groups is 1. The SMILES string of the molecule is CCn1c(SCC(=O)NN=Cc2ccc(O)c(OC)c2)nnc1-c1ccc(C)cc1. The molecule has 0 aliphatic carbocycles. The Hall–Kier alpha value is -3.33. The summed E-state index contributed by atoms with van der Waals surface area (Å²) < 4.78 is 7.03. The van der Waals surface area contributed by atoms with Gasteiger partial charge in [-0.05, 0) is 37.6 Å². The van der Waals surface area contributed by atoms with Crippen LogP contribution in [0.15, 0.2) is 52.7 Å². The lowest BCUT2D eigenvalue weighted by Crippen LogP contribution is -2.20. The van der Waals surface area contributed by atoms with Crippen molar-refractivity contribution in [2.75, 3.05) is 12.9 Å². The smallest absolute Gasteiger partial charge is 0.250 e. The fraction of sp³-hybridized carbons (Fsp3) is 0.238. The summed E-state index contributed by atoms with van der Waals surface area (Å²) >= 11 is 1.30. The number of hydrazone groups is 1. The zero-order valence-corrected chi connectivity index (χ0v) is 17.8. The Labute approximate surface area is 179 Å². The van der Waals surface area contributed by atoms with Crippen LogP contribution in [0.2, 0.25) is 0 Å². The van der Waals surface area contributed by atoms with Crippen molar-refractivity contribution < 1.29 is 14.6 Å². The highest BCUT2D eigenvalue weighted by molar-refractivity contribution is 7.99. The number of hydrogen-bond donors (Lipinski definition) is 2. The molecule has 0 atom stereocenters. The van der Waals surface area contributed by atoms with E-state index in [9.17, 15) is 9.90 Å². The molecule has 0 saturated carbocycles. The minimum Gasteiger partial charge on any atom is -0.504 e. The number of phenols is 1. The van der Waals surface area contributed by atoms with Crippen molar-refractivity contribution in [1.29, 1.82) is 0 Å². The summed E-state index contributed by atoms with van der Waals surface area (Å²) in [7, 11) is 1.47. The van der Waals surface area contributed by atoms with Gasteiger partial charge in [0.25, 0.3) is 5.91 Å². The van der Waals surface area contributed by atoms with Crippen molar-refractivity contribution in [3.63, 3.8) is 0 Å². The number of aromatic nitrogens is 3. The second-order valence-corrected chi connectivity index (χ2v) is 7.37. The molecule has 0 bridgehead atoms. The van der Waals surface area contributed by atoms with Gasteiger partial charge in [0.05, 0.1) is 19.1 Å². The van der Waals surface area contributed by atoms with Gasteiger partial charge in [-0.1, -0.05) is 41.6 Å². The monoisotopic (exact) mass is 425 g/mol. The minimum absolute atomic E-state index is 0.0418. The number of rotatable bonds is 8. The first kappa shape index (κ1) is 21.4. The molecule has 3 rings (SSSR count). The molecule has 0 fully saturated rings. The molecule has 9 heteroatoms. The van der Waals surface area contributed by atoms with Crippen LogP contribution in [0.25, 0.3) is 11.4 Å². The molecular weight excluding hydrogens is 402 g/mol. The van der Waals surface area contributed by atoms with E-state index in [1.165, 1.54) is 36.7 Å². The van der Waals surface area contributed by atoms with Crippen molar-refractivity contribution in [2.24, 2.45) is 5.10 Å². The van der Waals surface area contributed by atoms with Gasteiger partial charge in [0.1, 0.15) is 0 Å². The average Bonchev–Trinajstić information content (AvgIpc) is 3.17. The summed E-state index contributed by atoms with van der Waals surface area (Å²) in [6.07, 6.45) is 1.48. The van der Waals surface area contributed by atoms with Crippen LogP contribution >= 0.6 is 11.8 Å². The molecule has 3 aromatic rings. The second-order valence-electron chi connectivity index (χ2n) is 6.43. The fourth-order valence-corrected chi connectivity index (χ4v) is 3.51. The van der Waals surface area contributed by atoms with Crippen LogP contribution in [0.4, 0.5) is 0 Å². The summed E-state index contributed by atoms with van der Waals surface area (Å²) in [4.78, 5) is 12.1. The average molecular weight is 426 g/mol. The molecule has 1 heterocycles. The van der Waals surface area contributed by atoms with Crippen LogP contribution in [0, 0.1) is 6.92 Å². The number of phenolic OH excluding ortho intramolecular Hbond substituents is 1. The number of benzene rings is 2. The van der Waals surface area contributed by atoms with E-state index in [-0.39, 0.29) is 17.4 Å². The Kier molecular flexibility index (Phi) is 7.08. The molecule has 0 spiro atoms. The quantitative estimate of drug-likeness (QED) is 0.326. The molecule has 30 heavy (non-hydrogen) atoms. The highest BCUT2D eigenvalue weighted by Crippen LogP contribution is 2.26. The van der Waals surface area contributed by atoms with E-state index >= 15 is 0 Å². The van der Waals surface area contributed by atoms with Crippen LogP contribution in [-0.2, 0) is 11.3 Å². The first-order chi connectivity index (χ1) is 14.5. The molecule has 2 aromatic carbocycles. The van der Waals surface area contributed by atoms with Gasteiger partial charge >= 0.3 is 0 Å². The van der Waals surface area contributed by atoms with Gasteiger partial charge < -0.3 is 14.4 Å². The topological polar surface area (TPSA) is 102 Å². The van der Waals surface area contributed by atoms with E-state index in [4.69, 9.17) is 4.74 Å². The van der Waals surface area contributed by atoms with Crippen LogP contribution in [0.3, 0.4) is 0 Å². The van der Waals surface area contributed by atoms with E-state index < -0.39 is 0 Å². The van der Waals surface area contributed by atoms with E-state index in [0.29, 0.717) is 23.0 Å². The van der Waals surface area contributed by atoms with Gasteiger partial charge in [-0.3, -0.25) is 4.79 Å². The predicted molar refractivity (Wildman–Crippen MR) is 117 cm³/mol. The van der Waals surface area contributed by atoms with Crippen LogP contribution in [-0.4, -0.2) is 44.9 Å². The van der Waals surface area contributed by atoms with Gasteiger partial charge in [0.2, 0.25) is 0 Å². The Balaban J connectivity index is 1.59. The molecule has 156 valence electrons. The lowest BCUT2D eigenvalue weighted by Gasteiger charge is -2.07. The molecule has 0 aliphatic heterocycles. The lowest BCUT2D eigenvalue weighted by molar-refractivity contribution is -0.118. The summed E-state index contributed by atoms with van der Waals surface area (Å²) in [5.74, 6) is 1.05. The molecule has 1 aromatic heterocycles. The highest BCUT2D eigenvalue weighted by atomic mass is 32.2. The second kappa shape index (κ2) is 9.93. The fourth-order valence-electron chi connectivity index (χ4n) is 2.71. The number of ether oxygens (including phenoxy) is 1. The lowest BCUT2D eigenvalue weighted by atomic mass is 10.1. The number of carbonyl (C=O) groups excluding carboxylic acids is 1. The molecule has 1 amide bonds. The number of carbonyl (C=O) groups is 1. The van der Waals surface area contributed by atoms with Crippen molar-refractivity contribution in [1.82, 2.24) is 20.2 Å². The number of aryl methyl sites for hydroxylation is 1. The van der Waals surface area contributed by atoms with E-state index in [1.807, 2.05) is 42.7 Å². The van der Waals surface area contributed by atoms with Crippen molar-refractivity contribution in [3.05, 3.63) is 53.6 Å². The van der Waals surface area contributed by atoms with Crippen molar-refractivity contribution >= 4 is 23.9 Å². The number of methoxy groups -OCH3 is 1. The summed E-state index contributed by atoms with van der Waals surface area (Å²) in [5, 5.41) is 22.7. The molecule has 0 aliphatic rings. The molecule has 2 N–H and O–H groups in total. The van der Waals surface area contributed by atoms with Crippen LogP contribution in [0.1, 0.15) is 18.1 Å². The third-order valence-electron chi connectivity index (χ3n) is 4.28. The van der Waals surface area contributed by atoms with E-state index in [0.717, 1.165) is 11.4 Å². The predicted octanol–water partition coefficient (Wildman–Crippen LogP) is 3.23. The number of hydrogen-bond acceptors (Lipinski definition) is 7.